The number of hydrogen-bond donors (Lipinski definition) is 3. The molecule has 0 unspecified atom stereocenters. The third-order valence-electron chi connectivity index (χ3n) is 6.70. The number of carbonyl (C=O) groups is 2. The minimum atomic E-state index is -0.387. The van der Waals surface area contributed by atoms with E-state index in [-0.39, 0.29) is 36.3 Å². The highest BCUT2D eigenvalue weighted by atomic mass is 16.6. The largest absolute Gasteiger partial charge is 0.444 e. The van der Waals surface area contributed by atoms with Crippen molar-refractivity contribution >= 4 is 17.8 Å². The molecule has 0 radical (unpaired) electrons. The second kappa shape index (κ2) is 9.01. The number of alkyl carbamates (subject to hydrolysis) is 1. The summed E-state index contributed by atoms with van der Waals surface area (Å²) in [5.41, 5.74) is 1.87. The zero-order chi connectivity index (χ0) is 22.8. The van der Waals surface area contributed by atoms with Gasteiger partial charge in [0.05, 0.1) is 18.8 Å². The van der Waals surface area contributed by atoms with Crippen LogP contribution in [0.1, 0.15) is 55.9 Å². The number of pyridine rings is 1. The number of nitrogens with zero attached hydrogens (tertiary/aromatic N) is 3. The van der Waals surface area contributed by atoms with Crippen LogP contribution >= 0.6 is 0 Å². The molecular weight excluding hydrogens is 424 g/mol. The molecule has 2 aromatic heterocycles. The number of amides is 2. The fraction of sp³-hybridized carbons (Fsp3) is 0.565. The smallest absolute Gasteiger partial charge is 0.407 e. The highest BCUT2D eigenvalue weighted by Crippen LogP contribution is 2.35. The lowest BCUT2D eigenvalue weighted by Gasteiger charge is -2.16. The Kier molecular flexibility index (Phi) is 5.92. The van der Waals surface area contributed by atoms with Crippen molar-refractivity contribution in [2.45, 2.75) is 56.3 Å². The van der Waals surface area contributed by atoms with Crippen molar-refractivity contribution in [1.82, 2.24) is 25.4 Å². The number of ether oxygens (including phenoxy) is 2. The zero-order valence-electron chi connectivity index (χ0n) is 18.8. The van der Waals surface area contributed by atoms with Crippen LogP contribution in [0.3, 0.4) is 0 Å². The molecule has 3 atom stereocenters. The third-order valence-corrected chi connectivity index (χ3v) is 6.70. The number of likely N-dealkylation sites (tertiary alicyclic amines) is 1. The van der Waals surface area contributed by atoms with Gasteiger partial charge in [-0.25, -0.2) is 4.79 Å². The van der Waals surface area contributed by atoms with E-state index in [1.54, 1.807) is 6.20 Å². The summed E-state index contributed by atoms with van der Waals surface area (Å²) in [6.07, 6.45) is 6.22. The first-order valence-electron chi connectivity index (χ1n) is 11.5. The Bertz CT molecular complexity index is 992. The van der Waals surface area contributed by atoms with Crippen LogP contribution in [0.25, 0.3) is 0 Å². The third kappa shape index (κ3) is 5.27. The van der Waals surface area contributed by atoms with Gasteiger partial charge in [0.25, 0.3) is 0 Å². The highest BCUT2D eigenvalue weighted by molar-refractivity contribution is 5.81. The first-order valence-corrected chi connectivity index (χ1v) is 11.5. The summed E-state index contributed by atoms with van der Waals surface area (Å²) in [6.45, 7) is 4.00. The van der Waals surface area contributed by atoms with Crippen LogP contribution in [0.4, 0.5) is 10.6 Å². The van der Waals surface area contributed by atoms with E-state index < -0.39 is 0 Å². The van der Waals surface area contributed by atoms with Crippen LogP contribution in [0.15, 0.2) is 30.6 Å². The molecule has 2 aliphatic heterocycles. The standard InChI is InChI=1S/C23H30N6O4/c1-23(5-6-23)26-22(31)33-17-9-19(32-14-17)18-10-20(28-27-18)25-12-21(30)29-8-4-16(13-29)15-3-2-7-24-11-15/h2-3,7,10-11,16-17,19H,4-6,8-9,12-14H2,1H3,(H,26,31)(H2,25,27,28)/t16-,17-,19-/m0/s1. The Morgan fingerprint density at radius 3 is 3.06 bits per heavy atom. The van der Waals surface area contributed by atoms with E-state index in [0.717, 1.165) is 31.5 Å². The molecule has 0 spiro atoms. The molecule has 33 heavy (non-hydrogen) atoms. The maximum Gasteiger partial charge on any atom is 0.407 e. The van der Waals surface area contributed by atoms with Gasteiger partial charge in [0, 0.05) is 49.4 Å². The number of rotatable bonds is 7. The molecule has 0 aromatic carbocycles. The van der Waals surface area contributed by atoms with Crippen molar-refractivity contribution in [2.24, 2.45) is 0 Å². The number of anilines is 1. The molecule has 3 aliphatic rings. The average Bonchev–Trinajstić information content (AvgIpc) is 3.27. The van der Waals surface area contributed by atoms with E-state index in [1.807, 2.05) is 30.2 Å². The zero-order valence-corrected chi connectivity index (χ0v) is 18.8. The molecule has 1 aliphatic carbocycles. The highest BCUT2D eigenvalue weighted by Gasteiger charge is 2.40. The van der Waals surface area contributed by atoms with Gasteiger partial charge in [0.1, 0.15) is 18.0 Å². The SMILES string of the molecule is CC1(NC(=O)O[C@@H]2CO[C@H](c3cc(NCC(=O)N4CC[C@H](c5cccnc5)C4)n[nH]3)C2)CC1. The van der Waals surface area contributed by atoms with E-state index in [1.165, 1.54) is 5.56 Å². The first-order chi connectivity index (χ1) is 16.0. The maximum atomic E-state index is 12.6. The monoisotopic (exact) mass is 454 g/mol. The summed E-state index contributed by atoms with van der Waals surface area (Å²) < 4.78 is 11.3. The van der Waals surface area contributed by atoms with Gasteiger partial charge in [0.2, 0.25) is 5.91 Å². The van der Waals surface area contributed by atoms with E-state index in [2.05, 4.69) is 31.9 Å². The van der Waals surface area contributed by atoms with Gasteiger partial charge in [-0.3, -0.25) is 14.9 Å². The van der Waals surface area contributed by atoms with Gasteiger partial charge in [-0.1, -0.05) is 6.07 Å². The van der Waals surface area contributed by atoms with Crippen LogP contribution < -0.4 is 10.6 Å². The molecule has 10 heteroatoms. The normalized spacial score (nSPS) is 25.6. The van der Waals surface area contributed by atoms with Crippen molar-refractivity contribution in [3.05, 3.63) is 41.9 Å². The Balaban J connectivity index is 1.06. The molecule has 1 saturated carbocycles. The predicted molar refractivity (Wildman–Crippen MR) is 120 cm³/mol. The Labute approximate surface area is 192 Å². The fourth-order valence-corrected chi connectivity index (χ4v) is 4.38. The Morgan fingerprint density at radius 2 is 2.27 bits per heavy atom. The van der Waals surface area contributed by atoms with E-state index in [9.17, 15) is 9.59 Å². The topological polar surface area (TPSA) is 121 Å². The van der Waals surface area contributed by atoms with Gasteiger partial charge in [0.15, 0.2) is 0 Å². The van der Waals surface area contributed by atoms with Crippen molar-refractivity contribution in [2.75, 3.05) is 31.6 Å². The molecule has 2 amide bonds. The predicted octanol–water partition coefficient (Wildman–Crippen LogP) is 2.34. The molecule has 10 nitrogen and oxygen atoms in total. The second-order valence-corrected chi connectivity index (χ2v) is 9.44. The molecular formula is C23H30N6O4. The number of nitrogens with one attached hydrogen (secondary N) is 3. The lowest BCUT2D eigenvalue weighted by molar-refractivity contribution is -0.128. The van der Waals surface area contributed by atoms with Crippen LogP contribution in [0, 0.1) is 0 Å². The number of H-pyrrole nitrogens is 1. The fourth-order valence-electron chi connectivity index (χ4n) is 4.38. The van der Waals surface area contributed by atoms with Crippen molar-refractivity contribution in [1.29, 1.82) is 0 Å². The number of aromatic amines is 1. The summed E-state index contributed by atoms with van der Waals surface area (Å²) in [4.78, 5) is 30.7. The minimum Gasteiger partial charge on any atom is -0.444 e. The molecule has 0 bridgehead atoms. The molecule has 2 saturated heterocycles. The van der Waals surface area contributed by atoms with Gasteiger partial charge in [-0.05, 0) is 37.8 Å². The van der Waals surface area contributed by atoms with Crippen LogP contribution in [-0.2, 0) is 14.3 Å². The number of hydrogen-bond acceptors (Lipinski definition) is 7. The van der Waals surface area contributed by atoms with Gasteiger partial charge >= 0.3 is 6.09 Å². The van der Waals surface area contributed by atoms with E-state index in [0.29, 0.717) is 31.3 Å². The molecule has 4 heterocycles. The van der Waals surface area contributed by atoms with Gasteiger partial charge < -0.3 is 25.0 Å². The molecule has 2 aromatic rings. The Hall–Kier alpha value is -3.14. The number of aromatic nitrogens is 3. The summed E-state index contributed by atoms with van der Waals surface area (Å²) >= 11 is 0. The van der Waals surface area contributed by atoms with Crippen LogP contribution in [0.5, 0.6) is 0 Å². The van der Waals surface area contributed by atoms with E-state index in [4.69, 9.17) is 9.47 Å². The Morgan fingerprint density at radius 1 is 1.39 bits per heavy atom. The number of carbonyl (C=O) groups excluding carboxylic acids is 2. The molecule has 3 N–H and O–H groups in total. The second-order valence-electron chi connectivity index (χ2n) is 9.44. The van der Waals surface area contributed by atoms with Crippen molar-refractivity contribution in [3.8, 4) is 0 Å². The molecule has 3 fully saturated rings. The first kappa shape index (κ1) is 21.7. The lowest BCUT2D eigenvalue weighted by atomic mass is 10.0. The van der Waals surface area contributed by atoms with E-state index >= 15 is 0 Å². The van der Waals surface area contributed by atoms with Crippen molar-refractivity contribution < 1.29 is 19.1 Å². The summed E-state index contributed by atoms with van der Waals surface area (Å²) in [5.74, 6) is 0.976. The average molecular weight is 455 g/mol. The van der Waals surface area contributed by atoms with Crippen LogP contribution in [0.2, 0.25) is 0 Å². The van der Waals surface area contributed by atoms with Gasteiger partial charge in [-0.2, -0.15) is 5.10 Å². The van der Waals surface area contributed by atoms with Gasteiger partial charge in [-0.15, -0.1) is 0 Å². The summed E-state index contributed by atoms with van der Waals surface area (Å²) in [7, 11) is 0. The lowest BCUT2D eigenvalue weighted by Crippen LogP contribution is -2.37. The summed E-state index contributed by atoms with van der Waals surface area (Å²) in [5, 5.41) is 13.2. The maximum absolute atomic E-state index is 12.6. The van der Waals surface area contributed by atoms with Crippen molar-refractivity contribution in [3.63, 3.8) is 0 Å². The molecule has 176 valence electrons. The van der Waals surface area contributed by atoms with Crippen LogP contribution in [-0.4, -0.2) is 70.0 Å². The minimum absolute atomic E-state index is 0.0480. The molecule has 5 rings (SSSR count). The summed E-state index contributed by atoms with van der Waals surface area (Å²) in [6, 6.07) is 5.84. The quantitative estimate of drug-likeness (QED) is 0.587.